The number of hydrogen-bond donors (Lipinski definition) is 2. The van der Waals surface area contributed by atoms with Crippen LogP contribution in [0.4, 0.5) is 0 Å². The van der Waals surface area contributed by atoms with Gasteiger partial charge in [0.05, 0.1) is 18.9 Å². The zero-order chi connectivity index (χ0) is 19.1. The summed E-state index contributed by atoms with van der Waals surface area (Å²) < 4.78 is 5.74. The number of ether oxygens (including phenoxy) is 1. The summed E-state index contributed by atoms with van der Waals surface area (Å²) in [5, 5.41) is 12.5. The van der Waals surface area contributed by atoms with E-state index in [4.69, 9.17) is 4.74 Å². The number of fused-ring (bicyclic) bond motifs is 2. The second kappa shape index (κ2) is 7.14. The van der Waals surface area contributed by atoms with Crippen molar-refractivity contribution in [3.05, 3.63) is 53.2 Å². The summed E-state index contributed by atoms with van der Waals surface area (Å²) in [6.45, 7) is 7.04. The highest BCUT2D eigenvalue weighted by Crippen LogP contribution is 2.31. The van der Waals surface area contributed by atoms with Gasteiger partial charge in [-0.3, -0.25) is 4.90 Å². The van der Waals surface area contributed by atoms with Crippen molar-refractivity contribution in [1.29, 1.82) is 0 Å². The highest BCUT2D eigenvalue weighted by Gasteiger charge is 2.28. The first-order chi connectivity index (χ1) is 13.7. The van der Waals surface area contributed by atoms with Crippen LogP contribution in [0, 0.1) is 0 Å². The molecule has 148 valence electrons. The predicted molar refractivity (Wildman–Crippen MR) is 108 cm³/mol. The van der Waals surface area contributed by atoms with Crippen LogP contribution in [-0.2, 0) is 6.42 Å². The standard InChI is InChI=1S/C21H27N5O2/c1-15(17-3-2-16-4-9-28-19(16)10-17)24-5-7-25(8-6-24)21-13-26-12-18(14-27)23-20(26)11-22-21/h2-3,10-13,15,20,23,27H,4-9,14H2,1H3. The largest absolute Gasteiger partial charge is 0.493 e. The van der Waals surface area contributed by atoms with Crippen LogP contribution in [0.3, 0.4) is 0 Å². The summed E-state index contributed by atoms with van der Waals surface area (Å²) in [4.78, 5) is 11.6. The Morgan fingerprint density at radius 1 is 1.25 bits per heavy atom. The van der Waals surface area contributed by atoms with Gasteiger partial charge in [0, 0.05) is 57.3 Å². The molecule has 0 radical (unpaired) electrons. The van der Waals surface area contributed by atoms with E-state index < -0.39 is 0 Å². The molecule has 1 aromatic rings. The molecule has 0 spiro atoms. The lowest BCUT2D eigenvalue weighted by atomic mass is 10.0. The van der Waals surface area contributed by atoms with Gasteiger partial charge in [0.1, 0.15) is 17.7 Å². The molecule has 0 bridgehead atoms. The van der Waals surface area contributed by atoms with Gasteiger partial charge in [-0.15, -0.1) is 0 Å². The van der Waals surface area contributed by atoms with Crippen LogP contribution in [-0.4, -0.2) is 71.6 Å². The SMILES string of the molecule is CC(c1ccc2c(c1)OCC2)N1CCN(C2=CN3C=C(CO)NC3C=N2)CC1. The van der Waals surface area contributed by atoms with Crippen molar-refractivity contribution in [1.82, 2.24) is 20.0 Å². The monoisotopic (exact) mass is 381 g/mol. The predicted octanol–water partition coefficient (Wildman–Crippen LogP) is 1.25. The Labute approximate surface area is 165 Å². The number of hydrogen-bond acceptors (Lipinski definition) is 7. The third-order valence-corrected chi connectivity index (χ3v) is 6.13. The zero-order valence-electron chi connectivity index (χ0n) is 16.2. The van der Waals surface area contributed by atoms with E-state index in [1.54, 1.807) is 0 Å². The van der Waals surface area contributed by atoms with E-state index in [2.05, 4.69) is 56.3 Å². The first kappa shape index (κ1) is 17.6. The van der Waals surface area contributed by atoms with Gasteiger partial charge in [0.15, 0.2) is 0 Å². The van der Waals surface area contributed by atoms with Gasteiger partial charge in [0.2, 0.25) is 0 Å². The van der Waals surface area contributed by atoms with Crippen molar-refractivity contribution in [2.75, 3.05) is 39.4 Å². The number of piperazine rings is 1. The molecule has 1 saturated heterocycles. The molecule has 0 aliphatic carbocycles. The Bertz CT molecular complexity index is 841. The Kier molecular flexibility index (Phi) is 4.49. The number of rotatable bonds is 4. The maximum Gasteiger partial charge on any atom is 0.144 e. The van der Waals surface area contributed by atoms with E-state index in [0.29, 0.717) is 6.04 Å². The van der Waals surface area contributed by atoms with Crippen molar-refractivity contribution in [2.24, 2.45) is 4.99 Å². The van der Waals surface area contributed by atoms with Crippen molar-refractivity contribution < 1.29 is 9.84 Å². The molecule has 4 aliphatic rings. The fourth-order valence-electron chi connectivity index (χ4n) is 4.35. The number of benzene rings is 1. The van der Waals surface area contributed by atoms with E-state index >= 15 is 0 Å². The number of aliphatic imine (C=N–C) groups is 1. The topological polar surface area (TPSA) is 63.6 Å². The minimum Gasteiger partial charge on any atom is -0.493 e. The second-order valence-electron chi connectivity index (χ2n) is 7.78. The first-order valence-electron chi connectivity index (χ1n) is 10.1. The molecule has 4 aliphatic heterocycles. The van der Waals surface area contributed by atoms with E-state index in [-0.39, 0.29) is 12.8 Å². The molecule has 5 rings (SSSR count). The molecule has 0 amide bonds. The Morgan fingerprint density at radius 2 is 2.11 bits per heavy atom. The van der Waals surface area contributed by atoms with Gasteiger partial charge in [-0.2, -0.15) is 0 Å². The molecule has 0 aromatic heterocycles. The molecule has 1 fully saturated rings. The quantitative estimate of drug-likeness (QED) is 0.819. The number of nitrogens with zero attached hydrogens (tertiary/aromatic N) is 4. The average molecular weight is 381 g/mol. The molecular weight excluding hydrogens is 354 g/mol. The zero-order valence-corrected chi connectivity index (χ0v) is 16.2. The molecule has 4 heterocycles. The summed E-state index contributed by atoms with van der Waals surface area (Å²) in [7, 11) is 0. The van der Waals surface area contributed by atoms with Crippen molar-refractivity contribution in [3.63, 3.8) is 0 Å². The third-order valence-electron chi connectivity index (χ3n) is 6.13. The summed E-state index contributed by atoms with van der Waals surface area (Å²) in [6.07, 6.45) is 6.98. The van der Waals surface area contributed by atoms with E-state index in [0.717, 1.165) is 56.5 Å². The molecule has 1 aromatic carbocycles. The van der Waals surface area contributed by atoms with Crippen LogP contribution in [0.25, 0.3) is 0 Å². The minimum absolute atomic E-state index is 0.0221. The first-order valence-corrected chi connectivity index (χ1v) is 10.1. The molecule has 2 unspecified atom stereocenters. The molecule has 7 heteroatoms. The molecule has 2 N–H and O–H groups in total. The van der Waals surface area contributed by atoms with Gasteiger partial charge < -0.3 is 25.0 Å². The number of nitrogens with one attached hydrogen (secondary N) is 1. The van der Waals surface area contributed by atoms with E-state index in [9.17, 15) is 5.11 Å². The van der Waals surface area contributed by atoms with Crippen molar-refractivity contribution in [3.8, 4) is 5.75 Å². The molecule has 2 atom stereocenters. The summed E-state index contributed by atoms with van der Waals surface area (Å²) in [5.41, 5.74) is 3.48. The van der Waals surface area contributed by atoms with Gasteiger partial charge in [0.25, 0.3) is 0 Å². The van der Waals surface area contributed by atoms with Gasteiger partial charge in [-0.1, -0.05) is 12.1 Å². The summed E-state index contributed by atoms with van der Waals surface area (Å²) in [6, 6.07) is 7.08. The van der Waals surface area contributed by atoms with Crippen LogP contribution in [0.5, 0.6) is 5.75 Å². The number of aliphatic hydroxyl groups excluding tert-OH is 1. The number of aliphatic hydroxyl groups is 1. The van der Waals surface area contributed by atoms with E-state index in [1.807, 2.05) is 12.4 Å². The minimum atomic E-state index is 0.0221. The van der Waals surface area contributed by atoms with Crippen molar-refractivity contribution >= 4 is 6.21 Å². The third kappa shape index (κ3) is 3.14. The smallest absolute Gasteiger partial charge is 0.144 e. The Hall–Kier alpha value is -2.51. The lowest BCUT2D eigenvalue weighted by molar-refractivity contribution is 0.120. The second-order valence-corrected chi connectivity index (χ2v) is 7.78. The highest BCUT2D eigenvalue weighted by molar-refractivity contribution is 5.68. The maximum atomic E-state index is 9.31. The van der Waals surface area contributed by atoms with Crippen molar-refractivity contribution in [2.45, 2.75) is 25.6 Å². The van der Waals surface area contributed by atoms with Crippen LogP contribution >= 0.6 is 0 Å². The molecule has 7 nitrogen and oxygen atoms in total. The summed E-state index contributed by atoms with van der Waals surface area (Å²) in [5.74, 6) is 2.06. The molecular formula is C21H27N5O2. The normalized spacial score (nSPS) is 24.9. The van der Waals surface area contributed by atoms with Gasteiger partial charge in [-0.05, 0) is 24.1 Å². The molecule has 0 saturated carbocycles. The lowest BCUT2D eigenvalue weighted by Crippen LogP contribution is -2.47. The molecule has 28 heavy (non-hydrogen) atoms. The fourth-order valence-corrected chi connectivity index (χ4v) is 4.35. The Morgan fingerprint density at radius 3 is 2.93 bits per heavy atom. The van der Waals surface area contributed by atoms with Crippen LogP contribution in [0.15, 0.2) is 47.1 Å². The fraction of sp³-hybridized carbons (Fsp3) is 0.476. The van der Waals surface area contributed by atoms with Gasteiger partial charge >= 0.3 is 0 Å². The average Bonchev–Trinajstić information content (AvgIpc) is 3.38. The van der Waals surface area contributed by atoms with Gasteiger partial charge in [-0.25, -0.2) is 4.99 Å². The lowest BCUT2D eigenvalue weighted by Gasteiger charge is -2.40. The Balaban J connectivity index is 1.22. The van der Waals surface area contributed by atoms with Crippen LogP contribution < -0.4 is 10.1 Å². The van der Waals surface area contributed by atoms with Crippen LogP contribution in [0.2, 0.25) is 0 Å². The van der Waals surface area contributed by atoms with E-state index in [1.165, 1.54) is 11.1 Å². The van der Waals surface area contributed by atoms with Crippen LogP contribution in [0.1, 0.15) is 24.1 Å². The maximum absolute atomic E-state index is 9.31. The summed E-state index contributed by atoms with van der Waals surface area (Å²) >= 11 is 0. The highest BCUT2D eigenvalue weighted by atomic mass is 16.5.